The molecule has 0 radical (unpaired) electrons. The van der Waals surface area contributed by atoms with Crippen molar-refractivity contribution in [3.63, 3.8) is 0 Å². The minimum Gasteiger partial charge on any atom is -0.375 e. The van der Waals surface area contributed by atoms with Crippen LogP contribution in [0.3, 0.4) is 0 Å². The second-order valence-electron chi connectivity index (χ2n) is 4.26. The number of ketones is 1. The molecule has 0 aromatic rings. The summed E-state index contributed by atoms with van der Waals surface area (Å²) in [6, 6.07) is 0.0787. The zero-order chi connectivity index (χ0) is 11.8. The lowest BCUT2D eigenvalue weighted by molar-refractivity contribution is -0.125. The molecule has 0 bridgehead atoms. The van der Waals surface area contributed by atoms with Gasteiger partial charge >= 0.3 is 0 Å². The molecule has 15 heavy (non-hydrogen) atoms. The molecule has 0 aromatic heterocycles. The Labute approximate surface area is 92.9 Å². The summed E-state index contributed by atoms with van der Waals surface area (Å²) < 4.78 is 5.32. The van der Waals surface area contributed by atoms with Crippen LogP contribution in [0.2, 0.25) is 0 Å². The summed E-state index contributed by atoms with van der Waals surface area (Å²) in [6.45, 7) is 12.3. The molecule has 1 atom stereocenters. The second kappa shape index (κ2) is 7.60. The zero-order valence-corrected chi connectivity index (χ0v) is 10.2. The largest absolute Gasteiger partial charge is 0.375 e. The third-order valence-corrected chi connectivity index (χ3v) is 1.97. The fourth-order valence-corrected chi connectivity index (χ4v) is 1.29. The predicted octanol–water partition coefficient (Wildman–Crippen LogP) is 1.78. The number of carbonyl (C=O) groups is 1. The van der Waals surface area contributed by atoms with Gasteiger partial charge in [0.05, 0.1) is 19.3 Å². The number of hydrogen-bond acceptors (Lipinski definition) is 3. The van der Waals surface area contributed by atoms with Crippen molar-refractivity contribution in [3.05, 3.63) is 12.7 Å². The quantitative estimate of drug-likeness (QED) is 0.493. The van der Waals surface area contributed by atoms with Gasteiger partial charge in [0, 0.05) is 12.0 Å². The first-order valence-corrected chi connectivity index (χ1v) is 5.47. The third-order valence-electron chi connectivity index (χ3n) is 1.97. The first-order valence-electron chi connectivity index (χ1n) is 5.47. The maximum absolute atomic E-state index is 11.8. The maximum Gasteiger partial charge on any atom is 0.154 e. The van der Waals surface area contributed by atoms with Crippen molar-refractivity contribution in [3.8, 4) is 0 Å². The third kappa shape index (κ3) is 6.42. The SMILES string of the molecule is C=CCOC[C@@H](NC(C)C)C(=O)C(C)C. The van der Waals surface area contributed by atoms with E-state index in [0.29, 0.717) is 13.2 Å². The molecule has 0 fully saturated rings. The van der Waals surface area contributed by atoms with Gasteiger partial charge in [-0.1, -0.05) is 33.8 Å². The maximum atomic E-state index is 11.8. The molecule has 0 aliphatic carbocycles. The Morgan fingerprint density at radius 2 is 2.00 bits per heavy atom. The molecular weight excluding hydrogens is 190 g/mol. The molecule has 0 saturated heterocycles. The molecule has 0 saturated carbocycles. The van der Waals surface area contributed by atoms with Crippen LogP contribution in [0.1, 0.15) is 27.7 Å². The van der Waals surface area contributed by atoms with E-state index in [1.54, 1.807) is 6.08 Å². The van der Waals surface area contributed by atoms with Crippen LogP contribution in [-0.2, 0) is 9.53 Å². The highest BCUT2D eigenvalue weighted by molar-refractivity contribution is 5.85. The first kappa shape index (κ1) is 14.3. The van der Waals surface area contributed by atoms with Gasteiger partial charge in [-0.15, -0.1) is 6.58 Å². The summed E-state index contributed by atoms with van der Waals surface area (Å²) in [7, 11) is 0. The van der Waals surface area contributed by atoms with Gasteiger partial charge in [0.2, 0.25) is 0 Å². The molecule has 0 amide bonds. The van der Waals surface area contributed by atoms with Crippen LogP contribution in [-0.4, -0.2) is 31.1 Å². The average Bonchev–Trinajstić information content (AvgIpc) is 2.14. The Balaban J connectivity index is 4.17. The number of rotatable bonds is 8. The Morgan fingerprint density at radius 3 is 2.40 bits per heavy atom. The highest BCUT2D eigenvalue weighted by Crippen LogP contribution is 2.02. The minimum atomic E-state index is -0.204. The number of nitrogens with one attached hydrogen (secondary N) is 1. The fraction of sp³-hybridized carbons (Fsp3) is 0.750. The molecule has 0 aromatic carbocycles. The number of Topliss-reactive ketones (excluding diaryl/α,β-unsaturated/α-hetero) is 1. The van der Waals surface area contributed by atoms with Gasteiger partial charge in [-0.25, -0.2) is 0 Å². The predicted molar refractivity (Wildman–Crippen MR) is 62.9 cm³/mol. The summed E-state index contributed by atoms with van der Waals surface area (Å²) in [6.07, 6.45) is 1.69. The lowest BCUT2D eigenvalue weighted by Gasteiger charge is -2.21. The van der Waals surface area contributed by atoms with Gasteiger partial charge in [0.1, 0.15) is 0 Å². The Morgan fingerprint density at radius 1 is 1.40 bits per heavy atom. The number of ether oxygens (including phenoxy) is 1. The topological polar surface area (TPSA) is 38.3 Å². The van der Waals surface area contributed by atoms with Crippen molar-refractivity contribution in [1.29, 1.82) is 0 Å². The van der Waals surface area contributed by atoms with Gasteiger partial charge < -0.3 is 10.1 Å². The summed E-state index contributed by atoms with van der Waals surface area (Å²) >= 11 is 0. The lowest BCUT2D eigenvalue weighted by Crippen LogP contribution is -2.45. The van der Waals surface area contributed by atoms with Crippen LogP contribution in [0.15, 0.2) is 12.7 Å². The van der Waals surface area contributed by atoms with Crippen LogP contribution in [0.4, 0.5) is 0 Å². The van der Waals surface area contributed by atoms with E-state index in [2.05, 4.69) is 11.9 Å². The smallest absolute Gasteiger partial charge is 0.154 e. The molecular formula is C12H23NO2. The molecule has 0 unspecified atom stereocenters. The van der Waals surface area contributed by atoms with Gasteiger partial charge in [0.25, 0.3) is 0 Å². The summed E-state index contributed by atoms with van der Waals surface area (Å²) in [5, 5.41) is 3.21. The molecule has 0 rings (SSSR count). The number of hydrogen-bond donors (Lipinski definition) is 1. The molecule has 3 heteroatoms. The van der Waals surface area contributed by atoms with E-state index in [-0.39, 0.29) is 23.8 Å². The fourth-order valence-electron chi connectivity index (χ4n) is 1.29. The molecule has 0 spiro atoms. The van der Waals surface area contributed by atoms with Crippen LogP contribution >= 0.6 is 0 Å². The molecule has 0 aliphatic rings. The van der Waals surface area contributed by atoms with Gasteiger partial charge in [-0.05, 0) is 0 Å². The van der Waals surface area contributed by atoms with Crippen LogP contribution in [0, 0.1) is 5.92 Å². The van der Waals surface area contributed by atoms with E-state index >= 15 is 0 Å². The van der Waals surface area contributed by atoms with E-state index in [0.717, 1.165) is 0 Å². The molecule has 0 heterocycles. The lowest BCUT2D eigenvalue weighted by atomic mass is 10.0. The second-order valence-corrected chi connectivity index (χ2v) is 4.26. The van der Waals surface area contributed by atoms with Gasteiger partial charge in [-0.2, -0.15) is 0 Å². The number of carbonyl (C=O) groups excluding carboxylic acids is 1. The minimum absolute atomic E-state index is 0.0357. The highest BCUT2D eigenvalue weighted by Gasteiger charge is 2.21. The standard InChI is InChI=1S/C12H23NO2/c1-6-7-15-8-11(13-10(4)5)12(14)9(2)3/h6,9-11,13H,1,7-8H2,2-5H3/t11-/m1/s1. The Bertz CT molecular complexity index is 200. The Hall–Kier alpha value is -0.670. The van der Waals surface area contributed by atoms with Crippen molar-refractivity contribution in [2.45, 2.75) is 39.8 Å². The van der Waals surface area contributed by atoms with E-state index in [4.69, 9.17) is 4.74 Å². The van der Waals surface area contributed by atoms with E-state index in [1.165, 1.54) is 0 Å². The molecule has 88 valence electrons. The first-order chi connectivity index (χ1) is 6.99. The van der Waals surface area contributed by atoms with Crippen LogP contribution in [0.5, 0.6) is 0 Å². The average molecular weight is 213 g/mol. The van der Waals surface area contributed by atoms with Crippen molar-refractivity contribution < 1.29 is 9.53 Å². The summed E-state index contributed by atoms with van der Waals surface area (Å²) in [5.74, 6) is 0.237. The van der Waals surface area contributed by atoms with Crippen molar-refractivity contribution in [2.24, 2.45) is 5.92 Å². The van der Waals surface area contributed by atoms with E-state index < -0.39 is 0 Å². The summed E-state index contributed by atoms with van der Waals surface area (Å²) in [5.41, 5.74) is 0. The van der Waals surface area contributed by atoms with Crippen molar-refractivity contribution in [1.82, 2.24) is 5.32 Å². The van der Waals surface area contributed by atoms with Crippen LogP contribution in [0.25, 0.3) is 0 Å². The summed E-state index contributed by atoms with van der Waals surface area (Å²) in [4.78, 5) is 11.8. The van der Waals surface area contributed by atoms with E-state index in [9.17, 15) is 4.79 Å². The molecule has 1 N–H and O–H groups in total. The highest BCUT2D eigenvalue weighted by atomic mass is 16.5. The molecule has 0 aliphatic heterocycles. The van der Waals surface area contributed by atoms with Crippen LogP contribution < -0.4 is 5.32 Å². The Kier molecular flexibility index (Phi) is 7.26. The van der Waals surface area contributed by atoms with Crippen molar-refractivity contribution in [2.75, 3.05) is 13.2 Å². The van der Waals surface area contributed by atoms with Gasteiger partial charge in [0.15, 0.2) is 5.78 Å². The normalized spacial score (nSPS) is 13.2. The monoisotopic (exact) mass is 213 g/mol. The van der Waals surface area contributed by atoms with Crippen molar-refractivity contribution >= 4 is 5.78 Å². The zero-order valence-electron chi connectivity index (χ0n) is 10.2. The van der Waals surface area contributed by atoms with E-state index in [1.807, 2.05) is 27.7 Å². The molecule has 3 nitrogen and oxygen atoms in total. The van der Waals surface area contributed by atoms with Gasteiger partial charge in [-0.3, -0.25) is 4.79 Å².